The summed E-state index contributed by atoms with van der Waals surface area (Å²) >= 11 is 0. The summed E-state index contributed by atoms with van der Waals surface area (Å²) in [5, 5.41) is 2.86. The highest BCUT2D eigenvalue weighted by Crippen LogP contribution is 2.29. The number of hydrogen-bond acceptors (Lipinski definition) is 2. The van der Waals surface area contributed by atoms with Gasteiger partial charge in [0.25, 0.3) is 0 Å². The Morgan fingerprint density at radius 2 is 2.26 bits per heavy atom. The van der Waals surface area contributed by atoms with Crippen molar-refractivity contribution in [1.29, 1.82) is 0 Å². The molecule has 2 atom stereocenters. The first-order valence-electron chi connectivity index (χ1n) is 8.12. The first-order valence-corrected chi connectivity index (χ1v) is 8.12. The zero-order valence-electron chi connectivity index (χ0n) is 13.5. The zero-order chi connectivity index (χ0) is 16.6. The van der Waals surface area contributed by atoms with Crippen molar-refractivity contribution in [1.82, 2.24) is 10.2 Å². The molecule has 3 rings (SSSR count). The van der Waals surface area contributed by atoms with Crippen LogP contribution >= 0.6 is 0 Å². The number of carbonyl (C=O) groups is 2. The third-order valence-corrected chi connectivity index (χ3v) is 4.89. The van der Waals surface area contributed by atoms with E-state index in [4.69, 9.17) is 0 Å². The third kappa shape index (κ3) is 2.78. The van der Waals surface area contributed by atoms with Gasteiger partial charge in [-0.2, -0.15) is 0 Å². The molecule has 0 unspecified atom stereocenters. The molecule has 3 amide bonds. The smallest absolute Gasteiger partial charge is 0.324 e. The van der Waals surface area contributed by atoms with Gasteiger partial charge in [0.05, 0.1) is 5.69 Å². The second-order valence-electron chi connectivity index (χ2n) is 6.28. The second kappa shape index (κ2) is 6.18. The van der Waals surface area contributed by atoms with Crippen LogP contribution in [-0.2, 0) is 4.79 Å². The van der Waals surface area contributed by atoms with Crippen LogP contribution in [0, 0.1) is 24.6 Å². The predicted molar refractivity (Wildman–Crippen MR) is 85.7 cm³/mol. The Bertz CT molecular complexity index is 634. The molecule has 2 aliphatic rings. The molecule has 0 radical (unpaired) electrons. The van der Waals surface area contributed by atoms with E-state index in [9.17, 15) is 14.0 Å². The fourth-order valence-corrected chi connectivity index (χ4v) is 3.54. The minimum Gasteiger partial charge on any atom is -0.355 e. The number of aryl methyl sites for hydroxylation is 1. The molecule has 5 nitrogen and oxygen atoms in total. The summed E-state index contributed by atoms with van der Waals surface area (Å²) in [6.45, 7) is 5.65. The fraction of sp³-hybridized carbons (Fsp3) is 0.529. The lowest BCUT2D eigenvalue weighted by molar-refractivity contribution is -0.123. The van der Waals surface area contributed by atoms with Crippen LogP contribution in [0.15, 0.2) is 18.2 Å². The number of nitrogens with zero attached hydrogens (tertiary/aromatic N) is 2. The molecular formula is C17H22FN3O2. The van der Waals surface area contributed by atoms with Crippen LogP contribution in [0.2, 0.25) is 0 Å². The van der Waals surface area contributed by atoms with Gasteiger partial charge in [0.15, 0.2) is 0 Å². The molecule has 0 spiro atoms. The zero-order valence-corrected chi connectivity index (χ0v) is 13.5. The number of likely N-dealkylation sites (tertiary alicyclic amines) is 1. The van der Waals surface area contributed by atoms with Gasteiger partial charge in [-0.25, -0.2) is 9.18 Å². The van der Waals surface area contributed by atoms with E-state index in [-0.39, 0.29) is 29.6 Å². The van der Waals surface area contributed by atoms with E-state index in [1.54, 1.807) is 30.0 Å². The van der Waals surface area contributed by atoms with Crippen molar-refractivity contribution in [3.05, 3.63) is 29.6 Å². The van der Waals surface area contributed by atoms with Crippen LogP contribution < -0.4 is 10.2 Å². The maximum atomic E-state index is 14.4. The van der Waals surface area contributed by atoms with Gasteiger partial charge in [-0.1, -0.05) is 12.1 Å². The van der Waals surface area contributed by atoms with Crippen LogP contribution in [0.4, 0.5) is 14.9 Å². The monoisotopic (exact) mass is 319 g/mol. The van der Waals surface area contributed by atoms with Gasteiger partial charge in [0.1, 0.15) is 5.82 Å². The molecule has 1 aromatic rings. The van der Waals surface area contributed by atoms with E-state index in [2.05, 4.69) is 5.32 Å². The van der Waals surface area contributed by atoms with Crippen LogP contribution in [0.3, 0.4) is 0 Å². The van der Waals surface area contributed by atoms with E-state index >= 15 is 0 Å². The summed E-state index contributed by atoms with van der Waals surface area (Å²) in [5.74, 6) is -0.0689. The Morgan fingerprint density at radius 3 is 3.00 bits per heavy atom. The molecule has 23 heavy (non-hydrogen) atoms. The molecule has 2 fully saturated rings. The van der Waals surface area contributed by atoms with Gasteiger partial charge in [-0.3, -0.25) is 9.69 Å². The van der Waals surface area contributed by atoms with Crippen molar-refractivity contribution >= 4 is 17.6 Å². The van der Waals surface area contributed by atoms with E-state index in [0.29, 0.717) is 43.9 Å². The van der Waals surface area contributed by atoms with E-state index in [0.717, 1.165) is 0 Å². The van der Waals surface area contributed by atoms with Crippen molar-refractivity contribution in [3.8, 4) is 0 Å². The van der Waals surface area contributed by atoms with Crippen LogP contribution in [0.5, 0.6) is 0 Å². The molecule has 0 saturated carbocycles. The van der Waals surface area contributed by atoms with Gasteiger partial charge in [0.2, 0.25) is 5.91 Å². The number of amides is 3. The van der Waals surface area contributed by atoms with Crippen LogP contribution in [0.1, 0.15) is 18.9 Å². The molecule has 0 aromatic heterocycles. The summed E-state index contributed by atoms with van der Waals surface area (Å²) in [4.78, 5) is 27.8. The van der Waals surface area contributed by atoms with Crippen molar-refractivity contribution in [2.24, 2.45) is 11.8 Å². The van der Waals surface area contributed by atoms with Gasteiger partial charge < -0.3 is 10.2 Å². The SMILES string of the molecule is CCN(C(=O)N1CC[C@H]2C(=O)NC[C@H]2C1)c1cccc(C)c1F. The number of nitrogens with one attached hydrogen (secondary N) is 1. The van der Waals surface area contributed by atoms with Gasteiger partial charge in [-0.15, -0.1) is 0 Å². The molecule has 6 heteroatoms. The number of piperidine rings is 1. The normalized spacial score (nSPS) is 23.4. The number of halogens is 1. The van der Waals surface area contributed by atoms with Gasteiger partial charge in [0, 0.05) is 38.0 Å². The van der Waals surface area contributed by atoms with Crippen molar-refractivity contribution < 1.29 is 14.0 Å². The molecule has 1 N–H and O–H groups in total. The standard InChI is InChI=1S/C17H22FN3O2/c1-3-21(14-6-4-5-11(2)15(14)18)17(23)20-8-7-13-12(10-20)9-19-16(13)22/h4-6,12-13H,3,7-10H2,1-2H3,(H,19,22)/t12-,13+/m0/s1. The Labute approximate surface area is 135 Å². The molecule has 0 aliphatic carbocycles. The lowest BCUT2D eigenvalue weighted by Gasteiger charge is -2.36. The van der Waals surface area contributed by atoms with Crippen molar-refractivity contribution in [3.63, 3.8) is 0 Å². The van der Waals surface area contributed by atoms with E-state index in [1.807, 2.05) is 6.92 Å². The lowest BCUT2D eigenvalue weighted by atomic mass is 9.88. The summed E-state index contributed by atoms with van der Waals surface area (Å²) < 4.78 is 14.4. The maximum absolute atomic E-state index is 14.4. The number of hydrogen-bond donors (Lipinski definition) is 1. The van der Waals surface area contributed by atoms with E-state index in [1.165, 1.54) is 4.90 Å². The molecule has 124 valence electrons. The first kappa shape index (κ1) is 15.8. The number of fused-ring (bicyclic) bond motifs is 1. The summed E-state index contributed by atoms with van der Waals surface area (Å²) in [5.41, 5.74) is 0.846. The molecular weight excluding hydrogens is 297 g/mol. The average Bonchev–Trinajstić information content (AvgIpc) is 2.92. The van der Waals surface area contributed by atoms with Crippen molar-refractivity contribution in [2.45, 2.75) is 20.3 Å². The minimum atomic E-state index is -0.352. The quantitative estimate of drug-likeness (QED) is 0.908. The number of benzene rings is 1. The summed E-state index contributed by atoms with van der Waals surface area (Å²) in [7, 11) is 0. The molecule has 2 heterocycles. The van der Waals surface area contributed by atoms with Gasteiger partial charge >= 0.3 is 6.03 Å². The van der Waals surface area contributed by atoms with Gasteiger partial charge in [-0.05, 0) is 31.9 Å². The van der Waals surface area contributed by atoms with Crippen molar-refractivity contribution in [2.75, 3.05) is 31.1 Å². The second-order valence-corrected chi connectivity index (χ2v) is 6.28. The maximum Gasteiger partial charge on any atom is 0.324 e. The molecule has 1 aromatic carbocycles. The third-order valence-electron chi connectivity index (χ3n) is 4.89. The lowest BCUT2D eigenvalue weighted by Crippen LogP contribution is -2.50. The summed E-state index contributed by atoms with van der Waals surface area (Å²) in [6, 6.07) is 4.90. The number of carbonyl (C=O) groups excluding carboxylic acids is 2. The molecule has 0 bridgehead atoms. The summed E-state index contributed by atoms with van der Waals surface area (Å²) in [6.07, 6.45) is 0.677. The fourth-order valence-electron chi connectivity index (χ4n) is 3.54. The number of urea groups is 1. The predicted octanol–water partition coefficient (Wildman–Crippen LogP) is 2.15. The van der Waals surface area contributed by atoms with Crippen LogP contribution in [0.25, 0.3) is 0 Å². The topological polar surface area (TPSA) is 52.7 Å². The average molecular weight is 319 g/mol. The molecule has 2 saturated heterocycles. The highest BCUT2D eigenvalue weighted by atomic mass is 19.1. The Kier molecular flexibility index (Phi) is 4.24. The highest BCUT2D eigenvalue weighted by molar-refractivity contribution is 5.92. The Morgan fingerprint density at radius 1 is 1.48 bits per heavy atom. The van der Waals surface area contributed by atoms with E-state index < -0.39 is 0 Å². The number of rotatable bonds is 2. The van der Waals surface area contributed by atoms with Crippen LogP contribution in [-0.4, -0.2) is 43.0 Å². The highest BCUT2D eigenvalue weighted by Gasteiger charge is 2.40. The Hall–Kier alpha value is -2.11. The first-order chi connectivity index (χ1) is 11.0. The Balaban J connectivity index is 1.78. The number of anilines is 1. The largest absolute Gasteiger partial charge is 0.355 e. The minimum absolute atomic E-state index is 0.0184. The molecule has 2 aliphatic heterocycles.